The average Bonchev–Trinajstić information content (AvgIpc) is 2.74. The zero-order valence-electron chi connectivity index (χ0n) is 12.1. The summed E-state index contributed by atoms with van der Waals surface area (Å²) in [4.78, 5) is 0. The van der Waals surface area contributed by atoms with Gasteiger partial charge in [0.05, 0.1) is 0 Å². The Morgan fingerprint density at radius 3 is 2.63 bits per heavy atom. The molecule has 100 valence electrons. The highest BCUT2D eigenvalue weighted by atomic mass is 15.0. The molecule has 0 aromatic carbocycles. The first-order chi connectivity index (χ1) is 9.17. The predicted molar refractivity (Wildman–Crippen MR) is 72.0 cm³/mol. The molecule has 0 aromatic heterocycles. The summed E-state index contributed by atoms with van der Waals surface area (Å²) in [5.74, 6) is 12.1. The van der Waals surface area contributed by atoms with E-state index in [1.54, 1.807) is 25.7 Å². The summed E-state index contributed by atoms with van der Waals surface area (Å²) < 4.78 is 0. The molecule has 19 heavy (non-hydrogen) atoms. The molecule has 0 nitrogen and oxygen atoms in total. The Morgan fingerprint density at radius 1 is 0.842 bits per heavy atom. The van der Waals surface area contributed by atoms with Gasteiger partial charge in [0.2, 0.25) is 0 Å². The van der Waals surface area contributed by atoms with E-state index in [-0.39, 0.29) is 0 Å². The molecule has 10 aliphatic carbocycles. The lowest BCUT2D eigenvalue weighted by Crippen LogP contribution is -2.88. The van der Waals surface area contributed by atoms with E-state index in [4.69, 9.17) is 0 Å². The second-order valence-corrected chi connectivity index (χ2v) is 10.5. The Hall–Kier alpha value is 0. The van der Waals surface area contributed by atoms with Crippen LogP contribution >= 0.6 is 0 Å². The van der Waals surface area contributed by atoms with E-state index in [1.807, 2.05) is 0 Å². The van der Waals surface area contributed by atoms with Crippen molar-refractivity contribution in [3.63, 3.8) is 0 Å². The second kappa shape index (κ2) is 1.92. The van der Waals surface area contributed by atoms with E-state index in [0.29, 0.717) is 0 Å². The van der Waals surface area contributed by atoms with Crippen molar-refractivity contribution >= 4 is 0 Å². The molecule has 13 atom stereocenters. The van der Waals surface area contributed by atoms with Crippen molar-refractivity contribution in [1.29, 1.82) is 0 Å². The maximum absolute atomic E-state index is 2.82. The minimum absolute atomic E-state index is 0.835. The number of fused-ring (bicyclic) bond motifs is 1. The molecule has 0 N–H and O–H groups in total. The minimum Gasteiger partial charge on any atom is -0.0617 e. The van der Waals surface area contributed by atoms with Crippen molar-refractivity contribution in [3.8, 4) is 0 Å². The Kier molecular flexibility index (Phi) is 0.922. The number of hydrogen-bond donors (Lipinski definition) is 0. The van der Waals surface area contributed by atoms with Crippen LogP contribution in [0.3, 0.4) is 0 Å². The van der Waals surface area contributed by atoms with Gasteiger partial charge < -0.3 is 0 Å². The molecule has 0 heterocycles. The van der Waals surface area contributed by atoms with Gasteiger partial charge in [0.25, 0.3) is 0 Å². The van der Waals surface area contributed by atoms with Crippen molar-refractivity contribution in [2.75, 3.05) is 0 Å². The van der Waals surface area contributed by atoms with E-state index in [1.165, 1.54) is 53.3 Å². The van der Waals surface area contributed by atoms with Gasteiger partial charge in [-0.05, 0) is 101 Å². The summed E-state index contributed by atoms with van der Waals surface area (Å²) in [5, 5.41) is 0. The normalized spacial score (nSPS) is 92.5. The van der Waals surface area contributed by atoms with Crippen LogP contribution in [0.1, 0.15) is 39.5 Å². The summed E-state index contributed by atoms with van der Waals surface area (Å²) >= 11 is 0. The van der Waals surface area contributed by atoms with Crippen LogP contribution in [0.25, 0.3) is 0 Å². The van der Waals surface area contributed by atoms with Gasteiger partial charge in [-0.3, -0.25) is 0 Å². The Bertz CT molecular complexity index is 589. The third kappa shape index (κ3) is 0.452. The van der Waals surface area contributed by atoms with Gasteiger partial charge in [-0.15, -0.1) is 0 Å². The summed E-state index contributed by atoms with van der Waals surface area (Å²) in [5.41, 5.74) is 2.65. The minimum atomic E-state index is 0.835. The first-order valence-electron chi connectivity index (χ1n) is 9.17. The zero-order chi connectivity index (χ0) is 12.1. The van der Waals surface area contributed by atoms with Crippen molar-refractivity contribution in [3.05, 3.63) is 0 Å². The Balaban J connectivity index is 1.66. The van der Waals surface area contributed by atoms with E-state index < -0.39 is 0 Å². The zero-order valence-corrected chi connectivity index (χ0v) is 12.1. The third-order valence-electron chi connectivity index (χ3n) is 11.8. The lowest BCUT2D eigenvalue weighted by Gasteiger charge is -2.92. The van der Waals surface area contributed by atoms with Gasteiger partial charge in [-0.2, -0.15) is 0 Å². The molecule has 0 aromatic rings. The van der Waals surface area contributed by atoms with Gasteiger partial charge in [-0.25, -0.2) is 0 Å². The molecule has 2 spiro atoms. The summed E-state index contributed by atoms with van der Waals surface area (Å²) in [7, 11) is 0. The van der Waals surface area contributed by atoms with Crippen LogP contribution in [-0.2, 0) is 0 Å². The highest BCUT2D eigenvalue weighted by Crippen LogP contribution is 3.03. The standard InChI is InChI=1S/C19H24/c1-7-14-15-9-3-10-8-4-12-11(9)5-17(2)16(10)18(7,15)6-13(8)19(12,14)17/h7-16H,3-6H2,1-2H3. The van der Waals surface area contributed by atoms with Crippen molar-refractivity contribution in [2.24, 2.45) is 75.4 Å². The average molecular weight is 252 g/mol. The van der Waals surface area contributed by atoms with E-state index in [0.717, 1.165) is 22.2 Å². The fourth-order valence-electron chi connectivity index (χ4n) is 12.8. The Morgan fingerprint density at radius 2 is 1.74 bits per heavy atom. The molecule has 0 aliphatic heterocycles. The van der Waals surface area contributed by atoms with Crippen molar-refractivity contribution in [2.45, 2.75) is 39.5 Å². The third-order valence-corrected chi connectivity index (χ3v) is 11.8. The first-order valence-corrected chi connectivity index (χ1v) is 9.17. The van der Waals surface area contributed by atoms with Crippen molar-refractivity contribution < 1.29 is 0 Å². The Labute approximate surface area is 115 Å². The highest BCUT2D eigenvalue weighted by molar-refractivity contribution is 5.45. The van der Waals surface area contributed by atoms with E-state index in [2.05, 4.69) is 13.8 Å². The van der Waals surface area contributed by atoms with Crippen LogP contribution in [0, 0.1) is 75.4 Å². The fourth-order valence-corrected chi connectivity index (χ4v) is 12.8. The van der Waals surface area contributed by atoms with Crippen molar-refractivity contribution in [1.82, 2.24) is 0 Å². The van der Waals surface area contributed by atoms with Gasteiger partial charge in [0, 0.05) is 0 Å². The lowest BCUT2D eigenvalue weighted by molar-refractivity contribution is -0.450. The van der Waals surface area contributed by atoms with Crippen LogP contribution in [-0.4, -0.2) is 0 Å². The monoisotopic (exact) mass is 252 g/mol. The summed E-state index contributed by atoms with van der Waals surface area (Å²) in [6.45, 7) is 5.52. The largest absolute Gasteiger partial charge is 0.0617 e. The van der Waals surface area contributed by atoms with Gasteiger partial charge >= 0.3 is 0 Å². The predicted octanol–water partition coefficient (Wildman–Crippen LogP) is 3.82. The smallest absolute Gasteiger partial charge is 0.0144 e. The van der Waals surface area contributed by atoms with E-state index in [9.17, 15) is 0 Å². The molecule has 0 saturated heterocycles. The summed E-state index contributed by atoms with van der Waals surface area (Å²) in [6.07, 6.45) is 6.81. The molecule has 10 saturated carbocycles. The van der Waals surface area contributed by atoms with Crippen LogP contribution in [0.15, 0.2) is 0 Å². The molecule has 0 amide bonds. The van der Waals surface area contributed by atoms with Crippen LogP contribution in [0.4, 0.5) is 0 Å². The number of rotatable bonds is 0. The van der Waals surface area contributed by atoms with Gasteiger partial charge in [-0.1, -0.05) is 13.8 Å². The highest BCUT2D eigenvalue weighted by Gasteiger charge is 2.98. The number of hydrogen-bond acceptors (Lipinski definition) is 0. The van der Waals surface area contributed by atoms with Crippen LogP contribution in [0.5, 0.6) is 0 Å². The first kappa shape index (κ1) is 9.11. The molecular weight excluding hydrogens is 228 g/mol. The fraction of sp³-hybridized carbons (Fsp3) is 1.00. The molecular formula is C19H24. The second-order valence-electron chi connectivity index (χ2n) is 10.5. The maximum Gasteiger partial charge on any atom is -0.0144 e. The van der Waals surface area contributed by atoms with E-state index >= 15 is 0 Å². The lowest BCUT2D eigenvalue weighted by atomic mass is 9.12. The van der Waals surface area contributed by atoms with Crippen LogP contribution in [0.2, 0.25) is 0 Å². The summed E-state index contributed by atoms with van der Waals surface area (Å²) in [6, 6.07) is 0. The SMILES string of the molecule is CC1C2C3C4CC5C6CC7C4CC4(C)C5C13CC6C724. The molecule has 10 aliphatic rings. The maximum atomic E-state index is 2.82. The van der Waals surface area contributed by atoms with Gasteiger partial charge in [0.15, 0.2) is 0 Å². The molecule has 0 heteroatoms. The molecule has 0 radical (unpaired) electrons. The van der Waals surface area contributed by atoms with Gasteiger partial charge in [0.1, 0.15) is 0 Å². The molecule has 10 rings (SSSR count). The molecule has 9 bridgehead atoms. The van der Waals surface area contributed by atoms with Crippen LogP contribution < -0.4 is 0 Å². The molecule has 10 fully saturated rings. The molecule has 13 unspecified atom stereocenters. The topological polar surface area (TPSA) is 0 Å². The quantitative estimate of drug-likeness (QED) is 0.615.